The van der Waals surface area contributed by atoms with Crippen LogP contribution in [-0.2, 0) is 0 Å². The van der Waals surface area contributed by atoms with Crippen molar-refractivity contribution in [2.24, 2.45) is 0 Å². The number of carbonyl (C=O) groups is 1. The highest BCUT2D eigenvalue weighted by atomic mass is 19.1. The van der Waals surface area contributed by atoms with Crippen LogP contribution in [0.1, 0.15) is 48.9 Å². The maximum absolute atomic E-state index is 13.1. The van der Waals surface area contributed by atoms with Gasteiger partial charge in [0.05, 0.1) is 11.8 Å². The maximum atomic E-state index is 13.1. The Bertz CT molecular complexity index is 482. The minimum absolute atomic E-state index is 0.00686. The Kier molecular flexibility index (Phi) is 5.28. The molecule has 1 N–H and O–H groups in total. The number of nitrogens with one attached hydrogen (secondary N) is 1. The van der Waals surface area contributed by atoms with Gasteiger partial charge in [-0.15, -0.1) is 0 Å². The average Bonchev–Trinajstić information content (AvgIpc) is 2.71. The van der Waals surface area contributed by atoms with E-state index in [0.29, 0.717) is 6.54 Å². The second kappa shape index (κ2) is 6.98. The SMILES string of the molecule is CN(C)C1(CNC(=O)c2cncc(F)c2)CCCCCC1. The molecule has 0 aromatic carbocycles. The molecule has 0 unspecified atom stereocenters. The van der Waals surface area contributed by atoms with Crippen molar-refractivity contribution in [3.05, 3.63) is 29.8 Å². The van der Waals surface area contributed by atoms with E-state index in [1.807, 2.05) is 0 Å². The Morgan fingerprint density at radius 1 is 1.29 bits per heavy atom. The molecule has 1 aromatic rings. The highest BCUT2D eigenvalue weighted by Crippen LogP contribution is 2.30. The van der Waals surface area contributed by atoms with Gasteiger partial charge in [0.2, 0.25) is 0 Å². The molecule has 21 heavy (non-hydrogen) atoms. The van der Waals surface area contributed by atoms with E-state index in [1.54, 1.807) is 0 Å². The normalized spacial score (nSPS) is 18.3. The summed E-state index contributed by atoms with van der Waals surface area (Å²) in [5.41, 5.74) is 0.282. The summed E-state index contributed by atoms with van der Waals surface area (Å²) in [5.74, 6) is -0.744. The molecule has 0 aliphatic heterocycles. The molecule has 2 rings (SSSR count). The van der Waals surface area contributed by atoms with E-state index >= 15 is 0 Å². The van der Waals surface area contributed by atoms with Crippen LogP contribution >= 0.6 is 0 Å². The molecule has 0 saturated heterocycles. The molecule has 1 aliphatic rings. The van der Waals surface area contributed by atoms with Crippen LogP contribution in [0.3, 0.4) is 0 Å². The summed E-state index contributed by atoms with van der Waals surface area (Å²) in [6.07, 6.45) is 9.57. The predicted octanol–water partition coefficient (Wildman–Crippen LogP) is 2.61. The molecule has 1 fully saturated rings. The minimum Gasteiger partial charge on any atom is -0.350 e. The zero-order valence-electron chi connectivity index (χ0n) is 12.9. The van der Waals surface area contributed by atoms with Crippen LogP contribution in [-0.4, -0.2) is 42.0 Å². The van der Waals surface area contributed by atoms with E-state index in [-0.39, 0.29) is 17.0 Å². The number of nitrogens with zero attached hydrogens (tertiary/aromatic N) is 2. The van der Waals surface area contributed by atoms with Crippen molar-refractivity contribution in [1.82, 2.24) is 15.2 Å². The summed E-state index contributed by atoms with van der Waals surface area (Å²) in [6.45, 7) is 0.593. The lowest BCUT2D eigenvalue weighted by Gasteiger charge is -2.39. The number of rotatable bonds is 4. The van der Waals surface area contributed by atoms with Gasteiger partial charge in [-0.1, -0.05) is 25.7 Å². The molecule has 5 heteroatoms. The monoisotopic (exact) mass is 293 g/mol. The van der Waals surface area contributed by atoms with E-state index < -0.39 is 5.82 Å². The Balaban J connectivity index is 2.03. The zero-order chi connectivity index (χ0) is 15.3. The van der Waals surface area contributed by atoms with Gasteiger partial charge in [0, 0.05) is 18.3 Å². The first kappa shape index (κ1) is 15.9. The quantitative estimate of drug-likeness (QED) is 0.868. The van der Waals surface area contributed by atoms with Gasteiger partial charge in [-0.05, 0) is 33.0 Å². The molecule has 1 amide bonds. The van der Waals surface area contributed by atoms with Crippen molar-refractivity contribution < 1.29 is 9.18 Å². The molecule has 0 bridgehead atoms. The van der Waals surface area contributed by atoms with Gasteiger partial charge in [-0.2, -0.15) is 0 Å². The van der Waals surface area contributed by atoms with Crippen LogP contribution in [0, 0.1) is 5.82 Å². The molecule has 1 aromatic heterocycles. The van der Waals surface area contributed by atoms with Crippen LogP contribution in [0.5, 0.6) is 0 Å². The van der Waals surface area contributed by atoms with Crippen LogP contribution in [0.15, 0.2) is 18.5 Å². The minimum atomic E-state index is -0.487. The fourth-order valence-corrected chi connectivity index (χ4v) is 3.05. The van der Waals surface area contributed by atoms with Crippen molar-refractivity contribution in [2.45, 2.75) is 44.1 Å². The lowest BCUT2D eigenvalue weighted by atomic mass is 9.88. The predicted molar refractivity (Wildman–Crippen MR) is 80.6 cm³/mol. The van der Waals surface area contributed by atoms with Gasteiger partial charge in [0.15, 0.2) is 0 Å². The van der Waals surface area contributed by atoms with Gasteiger partial charge in [0.25, 0.3) is 5.91 Å². The average molecular weight is 293 g/mol. The first-order valence-electron chi connectivity index (χ1n) is 7.60. The molecule has 0 spiro atoms. The fraction of sp³-hybridized carbons (Fsp3) is 0.625. The van der Waals surface area contributed by atoms with Crippen LogP contribution in [0.2, 0.25) is 0 Å². The molecular formula is C16H24FN3O. The molecule has 116 valence electrons. The summed E-state index contributed by atoms with van der Waals surface area (Å²) in [4.78, 5) is 18.1. The van der Waals surface area contributed by atoms with Gasteiger partial charge >= 0.3 is 0 Å². The lowest BCUT2D eigenvalue weighted by molar-refractivity contribution is 0.0868. The number of hydrogen-bond donors (Lipinski definition) is 1. The van der Waals surface area contributed by atoms with Crippen molar-refractivity contribution in [2.75, 3.05) is 20.6 Å². The Morgan fingerprint density at radius 2 is 1.95 bits per heavy atom. The maximum Gasteiger partial charge on any atom is 0.253 e. The molecular weight excluding hydrogens is 269 g/mol. The smallest absolute Gasteiger partial charge is 0.253 e. The first-order valence-corrected chi connectivity index (χ1v) is 7.60. The van der Waals surface area contributed by atoms with E-state index in [0.717, 1.165) is 19.0 Å². The molecule has 1 heterocycles. The second-order valence-corrected chi connectivity index (χ2v) is 6.11. The Labute approximate surface area is 125 Å². The standard InChI is InChI=1S/C16H24FN3O/c1-20(2)16(7-5-3-4-6-8-16)12-19-15(21)13-9-14(17)11-18-10-13/h9-11H,3-8,12H2,1-2H3,(H,19,21). The summed E-state index contributed by atoms with van der Waals surface area (Å²) in [7, 11) is 4.14. The number of amides is 1. The highest BCUT2D eigenvalue weighted by molar-refractivity contribution is 5.93. The largest absolute Gasteiger partial charge is 0.350 e. The molecule has 0 radical (unpaired) electrons. The van der Waals surface area contributed by atoms with Crippen molar-refractivity contribution in [3.8, 4) is 0 Å². The van der Waals surface area contributed by atoms with E-state index in [9.17, 15) is 9.18 Å². The number of halogens is 1. The topological polar surface area (TPSA) is 45.2 Å². The fourth-order valence-electron chi connectivity index (χ4n) is 3.05. The second-order valence-electron chi connectivity index (χ2n) is 6.11. The van der Waals surface area contributed by atoms with Gasteiger partial charge in [-0.25, -0.2) is 4.39 Å². The molecule has 4 nitrogen and oxygen atoms in total. The number of hydrogen-bond acceptors (Lipinski definition) is 3. The van der Waals surface area contributed by atoms with E-state index in [4.69, 9.17) is 0 Å². The molecule has 0 atom stereocenters. The summed E-state index contributed by atoms with van der Waals surface area (Å²) < 4.78 is 13.1. The lowest BCUT2D eigenvalue weighted by Crippen LogP contribution is -2.52. The van der Waals surface area contributed by atoms with Gasteiger partial charge in [-0.3, -0.25) is 9.78 Å². The highest BCUT2D eigenvalue weighted by Gasteiger charge is 2.33. The van der Waals surface area contributed by atoms with Gasteiger partial charge < -0.3 is 10.2 Å². The summed E-state index contributed by atoms with van der Waals surface area (Å²) >= 11 is 0. The molecule has 1 aliphatic carbocycles. The van der Waals surface area contributed by atoms with Gasteiger partial charge in [0.1, 0.15) is 5.82 Å². The van der Waals surface area contributed by atoms with Crippen LogP contribution in [0.4, 0.5) is 4.39 Å². The van der Waals surface area contributed by atoms with Crippen molar-refractivity contribution >= 4 is 5.91 Å². The summed E-state index contributed by atoms with van der Waals surface area (Å²) in [5, 5.41) is 2.96. The molecule has 1 saturated carbocycles. The van der Waals surface area contributed by atoms with Crippen LogP contribution < -0.4 is 5.32 Å². The summed E-state index contributed by atoms with van der Waals surface area (Å²) in [6, 6.07) is 1.22. The Hall–Kier alpha value is -1.49. The number of pyridine rings is 1. The van der Waals surface area contributed by atoms with Crippen molar-refractivity contribution in [3.63, 3.8) is 0 Å². The third kappa shape index (κ3) is 4.00. The van der Waals surface area contributed by atoms with Crippen LogP contribution in [0.25, 0.3) is 0 Å². The number of carbonyl (C=O) groups excluding carboxylic acids is 1. The Morgan fingerprint density at radius 3 is 2.52 bits per heavy atom. The van der Waals surface area contributed by atoms with Crippen molar-refractivity contribution in [1.29, 1.82) is 0 Å². The zero-order valence-corrected chi connectivity index (χ0v) is 12.9. The van der Waals surface area contributed by atoms with E-state index in [2.05, 4.69) is 29.3 Å². The number of aromatic nitrogens is 1. The first-order chi connectivity index (χ1) is 10.0. The third-order valence-corrected chi connectivity index (χ3v) is 4.53. The third-order valence-electron chi connectivity index (χ3n) is 4.53. The number of likely N-dealkylation sites (N-methyl/N-ethyl adjacent to an activating group) is 1. The van der Waals surface area contributed by atoms with E-state index in [1.165, 1.54) is 37.9 Å².